The number of benzene rings is 1. The van der Waals surface area contributed by atoms with Crippen molar-refractivity contribution in [3.63, 3.8) is 0 Å². The summed E-state index contributed by atoms with van der Waals surface area (Å²) in [4.78, 5) is 11.3. The first-order valence-electron chi connectivity index (χ1n) is 5.83. The van der Waals surface area contributed by atoms with Gasteiger partial charge in [0.25, 0.3) is 0 Å². The molecule has 0 aliphatic rings. The lowest BCUT2D eigenvalue weighted by Gasteiger charge is -2.07. The summed E-state index contributed by atoms with van der Waals surface area (Å²) in [5.41, 5.74) is 1.21. The standard InChI is InChI=1S/C13H20N2O2/c1-11-3-5-12(6-4-11)17-10-9-15-13(16)7-8-14-2/h3-6,14H,7-10H2,1-2H3,(H,15,16). The Morgan fingerprint density at radius 1 is 1.24 bits per heavy atom. The van der Waals surface area contributed by atoms with E-state index in [1.807, 2.05) is 38.2 Å². The maximum absolute atomic E-state index is 11.3. The Bertz CT molecular complexity index is 336. The van der Waals surface area contributed by atoms with Gasteiger partial charge in [-0.15, -0.1) is 0 Å². The van der Waals surface area contributed by atoms with Gasteiger partial charge in [-0.2, -0.15) is 0 Å². The van der Waals surface area contributed by atoms with Crippen LogP contribution in [0.25, 0.3) is 0 Å². The van der Waals surface area contributed by atoms with Crippen LogP contribution in [0.4, 0.5) is 0 Å². The predicted molar refractivity (Wildman–Crippen MR) is 68.2 cm³/mol. The third-order valence-electron chi connectivity index (χ3n) is 2.32. The van der Waals surface area contributed by atoms with Crippen molar-refractivity contribution in [1.29, 1.82) is 0 Å². The molecule has 17 heavy (non-hydrogen) atoms. The van der Waals surface area contributed by atoms with E-state index in [4.69, 9.17) is 4.74 Å². The minimum atomic E-state index is 0.0480. The lowest BCUT2D eigenvalue weighted by molar-refractivity contribution is -0.121. The summed E-state index contributed by atoms with van der Waals surface area (Å²) in [7, 11) is 1.83. The summed E-state index contributed by atoms with van der Waals surface area (Å²) in [6.07, 6.45) is 0.501. The molecule has 0 fully saturated rings. The molecular formula is C13H20N2O2. The van der Waals surface area contributed by atoms with Gasteiger partial charge in [0.2, 0.25) is 5.91 Å². The Kier molecular flexibility index (Phi) is 6.10. The van der Waals surface area contributed by atoms with E-state index in [1.54, 1.807) is 0 Å². The van der Waals surface area contributed by atoms with Crippen LogP contribution in [-0.4, -0.2) is 32.7 Å². The van der Waals surface area contributed by atoms with Gasteiger partial charge in [-0.05, 0) is 26.1 Å². The highest BCUT2D eigenvalue weighted by molar-refractivity contribution is 5.75. The van der Waals surface area contributed by atoms with Gasteiger partial charge in [0.05, 0.1) is 6.54 Å². The van der Waals surface area contributed by atoms with Crippen molar-refractivity contribution >= 4 is 5.91 Å². The molecule has 0 saturated carbocycles. The average Bonchev–Trinajstić information content (AvgIpc) is 2.34. The number of hydrogen-bond donors (Lipinski definition) is 2. The summed E-state index contributed by atoms with van der Waals surface area (Å²) in [5.74, 6) is 0.881. The van der Waals surface area contributed by atoms with Crippen LogP contribution in [0, 0.1) is 6.92 Å². The highest BCUT2D eigenvalue weighted by atomic mass is 16.5. The Morgan fingerprint density at radius 2 is 1.94 bits per heavy atom. The topological polar surface area (TPSA) is 50.4 Å². The molecule has 0 radical (unpaired) electrons. The fourth-order valence-electron chi connectivity index (χ4n) is 1.32. The summed E-state index contributed by atoms with van der Waals surface area (Å²) in [6.45, 7) is 3.77. The van der Waals surface area contributed by atoms with Crippen LogP contribution in [0.1, 0.15) is 12.0 Å². The molecule has 94 valence electrons. The lowest BCUT2D eigenvalue weighted by atomic mass is 10.2. The largest absolute Gasteiger partial charge is 0.492 e. The zero-order valence-corrected chi connectivity index (χ0v) is 10.5. The van der Waals surface area contributed by atoms with Gasteiger partial charge in [0.15, 0.2) is 0 Å². The number of amides is 1. The first-order valence-corrected chi connectivity index (χ1v) is 5.83. The minimum Gasteiger partial charge on any atom is -0.492 e. The molecule has 1 aromatic rings. The lowest BCUT2D eigenvalue weighted by Crippen LogP contribution is -2.30. The molecule has 1 aromatic carbocycles. The van der Waals surface area contributed by atoms with Gasteiger partial charge < -0.3 is 15.4 Å². The van der Waals surface area contributed by atoms with Crippen LogP contribution >= 0.6 is 0 Å². The van der Waals surface area contributed by atoms with Crippen molar-refractivity contribution in [2.45, 2.75) is 13.3 Å². The van der Waals surface area contributed by atoms with Crippen LogP contribution in [0.2, 0.25) is 0 Å². The number of rotatable bonds is 7. The van der Waals surface area contributed by atoms with Gasteiger partial charge >= 0.3 is 0 Å². The first-order chi connectivity index (χ1) is 8.22. The van der Waals surface area contributed by atoms with E-state index < -0.39 is 0 Å². The monoisotopic (exact) mass is 236 g/mol. The molecular weight excluding hydrogens is 216 g/mol. The highest BCUT2D eigenvalue weighted by Crippen LogP contribution is 2.10. The van der Waals surface area contributed by atoms with Crippen molar-refractivity contribution in [1.82, 2.24) is 10.6 Å². The van der Waals surface area contributed by atoms with Gasteiger partial charge in [-0.1, -0.05) is 17.7 Å². The number of carbonyl (C=O) groups is 1. The fourth-order valence-corrected chi connectivity index (χ4v) is 1.32. The van der Waals surface area contributed by atoms with Crippen LogP contribution in [0.5, 0.6) is 5.75 Å². The molecule has 0 unspecified atom stereocenters. The number of ether oxygens (including phenoxy) is 1. The number of aryl methyl sites for hydroxylation is 1. The molecule has 4 nitrogen and oxygen atoms in total. The van der Waals surface area contributed by atoms with Gasteiger partial charge in [0.1, 0.15) is 12.4 Å². The SMILES string of the molecule is CNCCC(=O)NCCOc1ccc(C)cc1. The Labute approximate surface area is 102 Å². The maximum atomic E-state index is 11.3. The van der Waals surface area contributed by atoms with E-state index in [0.717, 1.165) is 5.75 Å². The third-order valence-corrected chi connectivity index (χ3v) is 2.32. The molecule has 0 saturated heterocycles. The molecule has 1 amide bonds. The molecule has 0 aliphatic heterocycles. The molecule has 0 aliphatic carbocycles. The molecule has 0 aromatic heterocycles. The number of carbonyl (C=O) groups excluding carboxylic acids is 1. The molecule has 0 atom stereocenters. The Balaban J connectivity index is 2.11. The first kappa shape index (κ1) is 13.5. The van der Waals surface area contributed by atoms with Crippen LogP contribution in [0.3, 0.4) is 0 Å². The predicted octanol–water partition coefficient (Wildman–Crippen LogP) is 1.10. The number of nitrogens with one attached hydrogen (secondary N) is 2. The van der Waals surface area contributed by atoms with Crippen LogP contribution < -0.4 is 15.4 Å². The third kappa shape index (κ3) is 5.92. The second kappa shape index (κ2) is 7.68. The van der Waals surface area contributed by atoms with Crippen molar-refractivity contribution < 1.29 is 9.53 Å². The summed E-state index contributed by atoms with van der Waals surface area (Å²) in [5, 5.41) is 5.72. The number of hydrogen-bond acceptors (Lipinski definition) is 3. The van der Waals surface area contributed by atoms with E-state index in [2.05, 4.69) is 10.6 Å². The Hall–Kier alpha value is -1.55. The molecule has 0 spiro atoms. The highest BCUT2D eigenvalue weighted by Gasteiger charge is 1.99. The molecule has 4 heteroatoms. The average molecular weight is 236 g/mol. The summed E-state index contributed by atoms with van der Waals surface area (Å²) in [6, 6.07) is 7.86. The molecule has 0 heterocycles. The quantitative estimate of drug-likeness (QED) is 0.697. The second-order valence-electron chi connectivity index (χ2n) is 3.87. The molecule has 2 N–H and O–H groups in total. The van der Waals surface area contributed by atoms with E-state index in [-0.39, 0.29) is 5.91 Å². The summed E-state index contributed by atoms with van der Waals surface area (Å²) >= 11 is 0. The van der Waals surface area contributed by atoms with Crippen molar-refractivity contribution in [3.8, 4) is 5.75 Å². The molecule has 1 rings (SSSR count). The van der Waals surface area contributed by atoms with Crippen LogP contribution in [0.15, 0.2) is 24.3 Å². The zero-order chi connectivity index (χ0) is 12.5. The smallest absolute Gasteiger partial charge is 0.221 e. The van der Waals surface area contributed by atoms with E-state index in [0.29, 0.717) is 26.1 Å². The van der Waals surface area contributed by atoms with Crippen molar-refractivity contribution in [2.24, 2.45) is 0 Å². The fraction of sp³-hybridized carbons (Fsp3) is 0.462. The van der Waals surface area contributed by atoms with Gasteiger partial charge in [-0.3, -0.25) is 4.79 Å². The summed E-state index contributed by atoms with van der Waals surface area (Å²) < 4.78 is 5.49. The van der Waals surface area contributed by atoms with E-state index in [1.165, 1.54) is 5.56 Å². The Morgan fingerprint density at radius 3 is 2.59 bits per heavy atom. The van der Waals surface area contributed by atoms with Crippen molar-refractivity contribution in [2.75, 3.05) is 26.7 Å². The van der Waals surface area contributed by atoms with E-state index in [9.17, 15) is 4.79 Å². The van der Waals surface area contributed by atoms with E-state index >= 15 is 0 Å². The maximum Gasteiger partial charge on any atom is 0.221 e. The second-order valence-corrected chi connectivity index (χ2v) is 3.87. The van der Waals surface area contributed by atoms with Gasteiger partial charge in [0, 0.05) is 13.0 Å². The normalized spacial score (nSPS) is 10.0. The van der Waals surface area contributed by atoms with Crippen molar-refractivity contribution in [3.05, 3.63) is 29.8 Å². The minimum absolute atomic E-state index is 0.0480. The van der Waals surface area contributed by atoms with Crippen LogP contribution in [-0.2, 0) is 4.79 Å². The zero-order valence-electron chi connectivity index (χ0n) is 10.5. The van der Waals surface area contributed by atoms with Gasteiger partial charge in [-0.25, -0.2) is 0 Å². The molecule has 0 bridgehead atoms.